The Bertz CT molecular complexity index is 1040. The Morgan fingerprint density at radius 3 is 2.83 bits per heavy atom. The quantitative estimate of drug-likeness (QED) is 0.496. The number of thiazole rings is 1. The van der Waals surface area contributed by atoms with Gasteiger partial charge in [0, 0.05) is 36.1 Å². The summed E-state index contributed by atoms with van der Waals surface area (Å²) in [5.74, 6) is -0.658. The zero-order valence-electron chi connectivity index (χ0n) is 16.7. The Morgan fingerprint density at radius 1 is 1.30 bits per heavy atom. The molecule has 1 unspecified atom stereocenters. The number of halogens is 1. The van der Waals surface area contributed by atoms with E-state index in [2.05, 4.69) is 39.6 Å². The SMILES string of the molecule is CCNC1CCN(c2ccc(Nc3nc(N)c(C(=O)c4cccc(F)c4)s3)cc2)C1. The van der Waals surface area contributed by atoms with Gasteiger partial charge in [0.2, 0.25) is 5.78 Å². The van der Waals surface area contributed by atoms with E-state index < -0.39 is 5.82 Å². The summed E-state index contributed by atoms with van der Waals surface area (Å²) < 4.78 is 13.4. The molecule has 156 valence electrons. The molecule has 2 aromatic carbocycles. The molecule has 1 aromatic heterocycles. The predicted molar refractivity (Wildman–Crippen MR) is 120 cm³/mol. The Kier molecular flexibility index (Phi) is 5.96. The molecule has 1 aliphatic rings. The first-order valence-corrected chi connectivity index (χ1v) is 10.8. The number of ketones is 1. The van der Waals surface area contributed by atoms with Crippen LogP contribution in [0.5, 0.6) is 0 Å². The Morgan fingerprint density at radius 2 is 2.10 bits per heavy atom. The third-order valence-corrected chi connectivity index (χ3v) is 6.10. The van der Waals surface area contributed by atoms with Crippen LogP contribution in [0.4, 0.5) is 26.7 Å². The van der Waals surface area contributed by atoms with Crippen LogP contribution in [0.3, 0.4) is 0 Å². The summed E-state index contributed by atoms with van der Waals surface area (Å²) in [5.41, 5.74) is 8.24. The average Bonchev–Trinajstić information content (AvgIpc) is 3.35. The number of nitrogens with two attached hydrogens (primary N) is 1. The van der Waals surface area contributed by atoms with Crippen molar-refractivity contribution in [2.24, 2.45) is 0 Å². The third kappa shape index (κ3) is 4.44. The minimum absolute atomic E-state index is 0.139. The van der Waals surface area contributed by atoms with E-state index in [-0.39, 0.29) is 17.2 Å². The first-order valence-electron chi connectivity index (χ1n) is 9.95. The van der Waals surface area contributed by atoms with Crippen molar-refractivity contribution in [3.8, 4) is 0 Å². The summed E-state index contributed by atoms with van der Waals surface area (Å²) in [5, 5.41) is 7.22. The minimum atomic E-state index is -0.461. The van der Waals surface area contributed by atoms with Crippen LogP contribution in [0.15, 0.2) is 48.5 Å². The summed E-state index contributed by atoms with van der Waals surface area (Å²) in [6, 6.07) is 14.2. The van der Waals surface area contributed by atoms with Crippen LogP contribution in [-0.2, 0) is 0 Å². The molecule has 2 heterocycles. The number of rotatable bonds is 7. The third-order valence-electron chi connectivity index (χ3n) is 5.11. The Balaban J connectivity index is 1.44. The van der Waals surface area contributed by atoms with E-state index in [9.17, 15) is 9.18 Å². The van der Waals surface area contributed by atoms with Crippen LogP contribution in [0, 0.1) is 5.82 Å². The van der Waals surface area contributed by atoms with E-state index in [1.165, 1.54) is 23.9 Å². The molecule has 0 amide bonds. The van der Waals surface area contributed by atoms with E-state index in [1.807, 2.05) is 12.1 Å². The molecule has 3 aromatic rings. The van der Waals surface area contributed by atoms with Gasteiger partial charge >= 0.3 is 0 Å². The first kappa shape index (κ1) is 20.3. The standard InChI is InChI=1S/C22H24FN5OS/c1-2-25-17-10-11-28(13-17)18-8-6-16(7-9-18)26-22-27-21(24)20(30-22)19(29)14-4-3-5-15(23)12-14/h3-9,12,17,25H,2,10-11,13,24H2,1H3,(H,26,27). The number of carbonyl (C=O) groups excluding carboxylic acids is 1. The minimum Gasteiger partial charge on any atom is -0.382 e. The van der Waals surface area contributed by atoms with Crippen molar-refractivity contribution in [1.82, 2.24) is 10.3 Å². The van der Waals surface area contributed by atoms with Crippen molar-refractivity contribution in [3.05, 3.63) is 64.8 Å². The van der Waals surface area contributed by atoms with Crippen molar-refractivity contribution < 1.29 is 9.18 Å². The second-order valence-corrected chi connectivity index (χ2v) is 8.23. The lowest BCUT2D eigenvalue weighted by molar-refractivity contribution is 0.104. The van der Waals surface area contributed by atoms with Crippen LogP contribution in [0.1, 0.15) is 28.6 Å². The van der Waals surface area contributed by atoms with Gasteiger partial charge < -0.3 is 21.3 Å². The molecule has 0 spiro atoms. The van der Waals surface area contributed by atoms with Gasteiger partial charge in [0.15, 0.2) is 5.13 Å². The molecule has 6 nitrogen and oxygen atoms in total. The number of benzene rings is 2. The monoisotopic (exact) mass is 425 g/mol. The molecule has 4 rings (SSSR count). The van der Waals surface area contributed by atoms with E-state index in [4.69, 9.17) is 5.73 Å². The molecule has 30 heavy (non-hydrogen) atoms. The number of hydrogen-bond acceptors (Lipinski definition) is 7. The highest BCUT2D eigenvalue weighted by atomic mass is 32.1. The normalized spacial score (nSPS) is 16.1. The first-order chi connectivity index (χ1) is 14.5. The van der Waals surface area contributed by atoms with Crippen molar-refractivity contribution in [3.63, 3.8) is 0 Å². The van der Waals surface area contributed by atoms with Gasteiger partial charge in [-0.3, -0.25) is 4.79 Å². The van der Waals surface area contributed by atoms with Crippen molar-refractivity contribution in [2.75, 3.05) is 35.6 Å². The Labute approximate surface area is 178 Å². The highest BCUT2D eigenvalue weighted by Crippen LogP contribution is 2.31. The van der Waals surface area contributed by atoms with Gasteiger partial charge in [0.1, 0.15) is 16.5 Å². The fraction of sp³-hybridized carbons (Fsp3) is 0.273. The van der Waals surface area contributed by atoms with Gasteiger partial charge in [-0.25, -0.2) is 9.37 Å². The maximum absolute atomic E-state index is 13.4. The fourth-order valence-corrected chi connectivity index (χ4v) is 4.51. The highest BCUT2D eigenvalue weighted by Gasteiger charge is 2.22. The molecule has 1 atom stereocenters. The second kappa shape index (κ2) is 8.81. The van der Waals surface area contributed by atoms with Crippen LogP contribution < -0.4 is 21.3 Å². The van der Waals surface area contributed by atoms with Gasteiger partial charge in [0.25, 0.3) is 0 Å². The van der Waals surface area contributed by atoms with E-state index >= 15 is 0 Å². The fourth-order valence-electron chi connectivity index (χ4n) is 3.64. The van der Waals surface area contributed by atoms with E-state index in [0.717, 1.165) is 43.1 Å². The number of likely N-dealkylation sites (N-methyl/N-ethyl adjacent to an activating group) is 1. The number of anilines is 4. The summed E-state index contributed by atoms with van der Waals surface area (Å²) >= 11 is 1.16. The van der Waals surface area contributed by atoms with Crippen molar-refractivity contribution in [2.45, 2.75) is 19.4 Å². The van der Waals surface area contributed by atoms with Gasteiger partial charge in [-0.15, -0.1) is 0 Å². The lowest BCUT2D eigenvalue weighted by Gasteiger charge is -2.19. The van der Waals surface area contributed by atoms with Crippen LogP contribution >= 0.6 is 11.3 Å². The van der Waals surface area contributed by atoms with Crippen molar-refractivity contribution in [1.29, 1.82) is 0 Å². The molecule has 1 fully saturated rings. The van der Waals surface area contributed by atoms with E-state index in [0.29, 0.717) is 16.1 Å². The maximum Gasteiger partial charge on any atom is 0.206 e. The molecular formula is C22H24FN5OS. The lowest BCUT2D eigenvalue weighted by atomic mass is 10.1. The van der Waals surface area contributed by atoms with Gasteiger partial charge in [-0.1, -0.05) is 30.4 Å². The number of nitrogens with zero attached hydrogens (tertiary/aromatic N) is 2. The summed E-state index contributed by atoms with van der Waals surface area (Å²) in [7, 11) is 0. The molecule has 0 bridgehead atoms. The molecular weight excluding hydrogens is 401 g/mol. The number of hydrogen-bond donors (Lipinski definition) is 3. The molecule has 1 saturated heterocycles. The predicted octanol–water partition coefficient (Wildman–Crippen LogP) is 4.03. The molecule has 8 heteroatoms. The topological polar surface area (TPSA) is 83.3 Å². The highest BCUT2D eigenvalue weighted by molar-refractivity contribution is 7.18. The zero-order chi connectivity index (χ0) is 21.1. The summed E-state index contributed by atoms with van der Waals surface area (Å²) in [6.07, 6.45) is 1.15. The molecule has 0 saturated carbocycles. The van der Waals surface area contributed by atoms with Crippen molar-refractivity contribution >= 4 is 39.4 Å². The average molecular weight is 426 g/mol. The number of carbonyl (C=O) groups is 1. The van der Waals surface area contributed by atoms with Crippen LogP contribution in [0.25, 0.3) is 0 Å². The largest absolute Gasteiger partial charge is 0.382 e. The van der Waals surface area contributed by atoms with Crippen LogP contribution in [0.2, 0.25) is 0 Å². The molecule has 4 N–H and O–H groups in total. The maximum atomic E-state index is 13.4. The Hall–Kier alpha value is -2.97. The number of aromatic nitrogens is 1. The van der Waals surface area contributed by atoms with E-state index in [1.54, 1.807) is 6.07 Å². The number of nitrogen functional groups attached to an aromatic ring is 1. The lowest BCUT2D eigenvalue weighted by Crippen LogP contribution is -2.32. The summed E-state index contributed by atoms with van der Waals surface area (Å²) in [6.45, 7) is 5.17. The van der Waals surface area contributed by atoms with Crippen LogP contribution in [-0.4, -0.2) is 36.4 Å². The van der Waals surface area contributed by atoms with Gasteiger partial charge in [-0.2, -0.15) is 0 Å². The molecule has 0 aliphatic carbocycles. The summed E-state index contributed by atoms with van der Waals surface area (Å²) in [4.78, 5) is 19.6. The zero-order valence-corrected chi connectivity index (χ0v) is 17.5. The second-order valence-electron chi connectivity index (χ2n) is 7.23. The number of nitrogens with one attached hydrogen (secondary N) is 2. The van der Waals surface area contributed by atoms with Gasteiger partial charge in [-0.05, 0) is 49.4 Å². The molecule has 1 aliphatic heterocycles. The van der Waals surface area contributed by atoms with Gasteiger partial charge in [0.05, 0.1) is 0 Å². The smallest absolute Gasteiger partial charge is 0.206 e. The molecule has 0 radical (unpaired) electrons.